The van der Waals surface area contributed by atoms with Crippen molar-refractivity contribution in [3.63, 3.8) is 0 Å². The molecule has 1 aromatic rings. The minimum Gasteiger partial charge on any atom is -0.493 e. The van der Waals surface area contributed by atoms with Gasteiger partial charge < -0.3 is 29.4 Å². The van der Waals surface area contributed by atoms with Gasteiger partial charge in [0.25, 0.3) is 0 Å². The number of hydrogen-bond donors (Lipinski definition) is 1. The topological polar surface area (TPSA) is 106 Å². The van der Waals surface area contributed by atoms with Gasteiger partial charge >= 0.3 is 11.9 Å². The quantitative estimate of drug-likeness (QED) is 0.346. The first-order chi connectivity index (χ1) is 16.9. The summed E-state index contributed by atoms with van der Waals surface area (Å²) >= 11 is 0. The van der Waals surface area contributed by atoms with Crippen LogP contribution >= 0.6 is 0 Å². The van der Waals surface area contributed by atoms with Gasteiger partial charge in [0.05, 0.1) is 12.7 Å². The van der Waals surface area contributed by atoms with Crippen LogP contribution in [0.5, 0.6) is 5.75 Å². The average molecular weight is 492 g/mol. The Labute approximate surface area is 208 Å². The fourth-order valence-electron chi connectivity index (χ4n) is 4.78. The highest BCUT2D eigenvalue weighted by Crippen LogP contribution is 2.27. The standard InChI is InChI=1S/C27H41NO7/c1-19(29)33-25-16-24(17-28)35-27(26(25)34-20(2)30)31-15-7-6-8-21-11-13-23(14-12-21)32-18-22-9-4-3-5-10-22/h11-14,22,24-27H,3-10,15-18,28H2,1-2H3. The van der Waals surface area contributed by atoms with Gasteiger partial charge in [-0.1, -0.05) is 31.4 Å². The van der Waals surface area contributed by atoms with Crippen LogP contribution in [-0.2, 0) is 35.0 Å². The van der Waals surface area contributed by atoms with Crippen molar-refractivity contribution >= 4 is 11.9 Å². The second kappa shape index (κ2) is 14.4. The van der Waals surface area contributed by atoms with E-state index in [0.717, 1.165) is 31.6 Å². The van der Waals surface area contributed by atoms with Crippen molar-refractivity contribution in [1.82, 2.24) is 0 Å². The molecule has 1 heterocycles. The van der Waals surface area contributed by atoms with Crippen molar-refractivity contribution in [2.24, 2.45) is 11.7 Å². The maximum Gasteiger partial charge on any atom is 0.303 e. The lowest BCUT2D eigenvalue weighted by Gasteiger charge is -2.39. The van der Waals surface area contributed by atoms with Crippen LogP contribution in [0.4, 0.5) is 0 Å². The molecule has 8 nitrogen and oxygen atoms in total. The number of unbranched alkanes of at least 4 members (excludes halogenated alkanes) is 1. The first kappa shape index (κ1) is 27.4. The van der Waals surface area contributed by atoms with Gasteiger partial charge in [-0.3, -0.25) is 9.59 Å². The summed E-state index contributed by atoms with van der Waals surface area (Å²) in [5.41, 5.74) is 7.03. The van der Waals surface area contributed by atoms with Gasteiger partial charge in [0, 0.05) is 33.4 Å². The summed E-state index contributed by atoms with van der Waals surface area (Å²) in [6.45, 7) is 4.13. The monoisotopic (exact) mass is 491 g/mol. The maximum atomic E-state index is 11.6. The van der Waals surface area contributed by atoms with Crippen LogP contribution in [0.15, 0.2) is 24.3 Å². The van der Waals surface area contributed by atoms with Crippen LogP contribution in [-0.4, -0.2) is 56.3 Å². The third-order valence-corrected chi connectivity index (χ3v) is 6.61. The van der Waals surface area contributed by atoms with Gasteiger partial charge in [-0.25, -0.2) is 0 Å². The summed E-state index contributed by atoms with van der Waals surface area (Å²) in [6, 6.07) is 8.34. The van der Waals surface area contributed by atoms with E-state index in [1.807, 2.05) is 0 Å². The van der Waals surface area contributed by atoms with E-state index in [2.05, 4.69) is 24.3 Å². The van der Waals surface area contributed by atoms with Crippen molar-refractivity contribution in [2.45, 2.75) is 96.2 Å². The molecule has 196 valence electrons. The van der Waals surface area contributed by atoms with Crippen molar-refractivity contribution in [1.29, 1.82) is 0 Å². The van der Waals surface area contributed by atoms with E-state index in [1.54, 1.807) is 0 Å². The number of ether oxygens (including phenoxy) is 5. The highest BCUT2D eigenvalue weighted by Gasteiger charge is 2.43. The Hall–Kier alpha value is -2.16. The van der Waals surface area contributed by atoms with E-state index in [4.69, 9.17) is 29.4 Å². The van der Waals surface area contributed by atoms with Crippen molar-refractivity contribution in [3.8, 4) is 5.75 Å². The zero-order chi connectivity index (χ0) is 25.0. The minimum absolute atomic E-state index is 0.255. The molecule has 1 aromatic carbocycles. The van der Waals surface area contributed by atoms with Gasteiger partial charge in [-0.2, -0.15) is 0 Å². The number of esters is 2. The highest BCUT2D eigenvalue weighted by molar-refractivity contribution is 5.67. The lowest BCUT2D eigenvalue weighted by Crippen LogP contribution is -2.54. The molecule has 1 saturated heterocycles. The molecule has 0 bridgehead atoms. The number of rotatable bonds is 12. The maximum absolute atomic E-state index is 11.6. The van der Waals surface area contributed by atoms with Crippen LogP contribution in [0.3, 0.4) is 0 Å². The second-order valence-corrected chi connectivity index (χ2v) is 9.61. The zero-order valence-electron chi connectivity index (χ0n) is 21.1. The van der Waals surface area contributed by atoms with Crippen molar-refractivity contribution in [3.05, 3.63) is 29.8 Å². The average Bonchev–Trinajstić information content (AvgIpc) is 2.85. The highest BCUT2D eigenvalue weighted by atomic mass is 16.7. The zero-order valence-corrected chi connectivity index (χ0v) is 21.1. The fraction of sp³-hybridized carbons (Fsp3) is 0.704. The van der Waals surface area contributed by atoms with Crippen molar-refractivity contribution < 1.29 is 33.3 Å². The molecule has 4 atom stereocenters. The molecule has 1 aliphatic heterocycles. The summed E-state index contributed by atoms with van der Waals surface area (Å²) in [4.78, 5) is 23.1. The third-order valence-electron chi connectivity index (χ3n) is 6.61. The van der Waals surface area contributed by atoms with Crippen LogP contribution in [0.1, 0.15) is 70.8 Å². The lowest BCUT2D eigenvalue weighted by atomic mass is 9.90. The molecule has 2 N–H and O–H groups in total. The predicted octanol–water partition coefficient (Wildman–Crippen LogP) is 3.92. The van der Waals surface area contributed by atoms with Gasteiger partial charge in [-0.05, 0) is 55.7 Å². The fourth-order valence-corrected chi connectivity index (χ4v) is 4.78. The van der Waals surface area contributed by atoms with Gasteiger partial charge in [-0.15, -0.1) is 0 Å². The molecule has 2 fully saturated rings. The molecule has 35 heavy (non-hydrogen) atoms. The Bertz CT molecular complexity index is 778. The van der Waals surface area contributed by atoms with Crippen LogP contribution in [0, 0.1) is 5.92 Å². The molecule has 0 amide bonds. The normalized spacial score (nSPS) is 25.1. The first-order valence-electron chi connectivity index (χ1n) is 13.0. The number of hydrogen-bond acceptors (Lipinski definition) is 8. The van der Waals surface area contributed by atoms with Gasteiger partial charge in [0.2, 0.25) is 0 Å². The number of carbonyl (C=O) groups is 2. The summed E-state index contributed by atoms with van der Waals surface area (Å²) in [5.74, 6) is 0.697. The predicted molar refractivity (Wildman–Crippen MR) is 131 cm³/mol. The molecule has 1 saturated carbocycles. The molecule has 2 aliphatic rings. The summed E-state index contributed by atoms with van der Waals surface area (Å²) in [5, 5.41) is 0. The van der Waals surface area contributed by atoms with Crippen LogP contribution in [0.25, 0.3) is 0 Å². The van der Waals surface area contributed by atoms with Crippen molar-refractivity contribution in [2.75, 3.05) is 19.8 Å². The largest absolute Gasteiger partial charge is 0.493 e. The smallest absolute Gasteiger partial charge is 0.303 e. The summed E-state index contributed by atoms with van der Waals surface area (Å²) in [6.07, 6.45) is 6.96. The molecule has 8 heteroatoms. The Kier molecular flexibility index (Phi) is 11.3. The molecular weight excluding hydrogens is 450 g/mol. The van der Waals surface area contributed by atoms with E-state index < -0.39 is 30.4 Å². The van der Waals surface area contributed by atoms with E-state index >= 15 is 0 Å². The van der Waals surface area contributed by atoms with E-state index in [-0.39, 0.29) is 12.6 Å². The lowest BCUT2D eigenvalue weighted by molar-refractivity contribution is -0.273. The van der Waals surface area contributed by atoms with Gasteiger partial charge in [0.15, 0.2) is 12.4 Å². The Morgan fingerprint density at radius 1 is 1.00 bits per heavy atom. The van der Waals surface area contributed by atoms with Crippen LogP contribution < -0.4 is 10.5 Å². The summed E-state index contributed by atoms with van der Waals surface area (Å²) < 4.78 is 28.5. The SMILES string of the molecule is CC(=O)OC1CC(CN)OC(OCCCCc2ccc(OCC3CCCCC3)cc2)C1OC(C)=O. The van der Waals surface area contributed by atoms with Crippen LogP contribution in [0.2, 0.25) is 0 Å². The Morgan fingerprint density at radius 2 is 1.71 bits per heavy atom. The Morgan fingerprint density at radius 3 is 2.37 bits per heavy atom. The second-order valence-electron chi connectivity index (χ2n) is 9.61. The van der Waals surface area contributed by atoms with E-state index in [9.17, 15) is 9.59 Å². The molecule has 0 spiro atoms. The van der Waals surface area contributed by atoms with Gasteiger partial charge in [0.1, 0.15) is 11.9 Å². The molecule has 0 radical (unpaired) electrons. The first-order valence-corrected chi connectivity index (χ1v) is 13.0. The number of aryl methyl sites for hydroxylation is 1. The molecule has 3 rings (SSSR count). The number of benzene rings is 1. The Balaban J connectivity index is 1.40. The number of nitrogens with two attached hydrogens (primary N) is 1. The summed E-state index contributed by atoms with van der Waals surface area (Å²) in [7, 11) is 0. The van der Waals surface area contributed by atoms with E-state index in [0.29, 0.717) is 18.9 Å². The third kappa shape index (κ3) is 9.43. The molecule has 1 aliphatic carbocycles. The number of carbonyl (C=O) groups excluding carboxylic acids is 2. The molecule has 0 aromatic heterocycles. The van der Waals surface area contributed by atoms with E-state index in [1.165, 1.54) is 51.5 Å². The minimum atomic E-state index is -0.828. The molecular formula is C27H41NO7. The molecule has 4 unspecified atom stereocenters.